The number of rotatable bonds is 5. The molecule has 1 fully saturated rings. The average molecular weight is 225 g/mol. The molecule has 0 aromatic carbocycles. The van der Waals surface area contributed by atoms with Crippen LogP contribution in [-0.4, -0.2) is 35.4 Å². The maximum absolute atomic E-state index is 5.63. The van der Waals surface area contributed by atoms with Crippen LogP contribution in [0.1, 0.15) is 32.1 Å². The van der Waals surface area contributed by atoms with Crippen LogP contribution in [0.2, 0.25) is 0 Å². The Bertz CT molecular complexity index is 289. The molecule has 1 saturated heterocycles. The van der Waals surface area contributed by atoms with E-state index in [1.165, 1.54) is 6.33 Å². The van der Waals surface area contributed by atoms with Gasteiger partial charge in [0.15, 0.2) is 6.33 Å². The fourth-order valence-electron chi connectivity index (χ4n) is 2.04. The fourth-order valence-corrected chi connectivity index (χ4v) is 2.04. The molecule has 5 heteroatoms. The number of nitrogens with zero attached hydrogens (tertiary/aromatic N) is 2. The first-order valence-electron chi connectivity index (χ1n) is 5.99. The summed E-state index contributed by atoms with van der Waals surface area (Å²) in [4.78, 5) is 3.99. The first kappa shape index (κ1) is 11.5. The third kappa shape index (κ3) is 3.28. The second kappa shape index (κ2) is 5.96. The van der Waals surface area contributed by atoms with Gasteiger partial charge in [-0.1, -0.05) is 12.1 Å². The molecule has 2 heterocycles. The Morgan fingerprint density at radius 3 is 3.25 bits per heavy atom. The van der Waals surface area contributed by atoms with Crippen LogP contribution in [0, 0.1) is 0 Å². The highest BCUT2D eigenvalue weighted by atomic mass is 16.5. The molecule has 0 aliphatic carbocycles. The number of ether oxygens (including phenoxy) is 1. The van der Waals surface area contributed by atoms with E-state index < -0.39 is 0 Å². The monoisotopic (exact) mass is 225 g/mol. The quantitative estimate of drug-likeness (QED) is 0.814. The molecule has 1 aliphatic rings. The van der Waals surface area contributed by atoms with Gasteiger partial charge in [-0.15, -0.1) is 0 Å². The van der Waals surface area contributed by atoms with E-state index in [0.29, 0.717) is 18.0 Å². The summed E-state index contributed by atoms with van der Waals surface area (Å²) in [6.45, 7) is 3.94. The summed E-state index contributed by atoms with van der Waals surface area (Å²) in [6, 6.07) is 0.571. The summed E-state index contributed by atoms with van der Waals surface area (Å²) in [6.07, 6.45) is 5.97. The van der Waals surface area contributed by atoms with E-state index in [1.54, 1.807) is 0 Å². The van der Waals surface area contributed by atoms with Gasteiger partial charge in [-0.2, -0.15) is 4.98 Å². The standard InChI is InChI=1S/C11H19N3O2/c1-2-10-7-9(4-6-15-10)12-5-3-11-13-8-14-16-11/h8-10,12H,2-7H2,1H3. The van der Waals surface area contributed by atoms with Crippen LogP contribution in [0.4, 0.5) is 0 Å². The number of hydrogen-bond donors (Lipinski definition) is 1. The van der Waals surface area contributed by atoms with Gasteiger partial charge in [0.05, 0.1) is 6.10 Å². The first-order valence-corrected chi connectivity index (χ1v) is 5.99. The van der Waals surface area contributed by atoms with E-state index in [1.807, 2.05) is 0 Å². The molecule has 1 N–H and O–H groups in total. The van der Waals surface area contributed by atoms with Gasteiger partial charge in [0.2, 0.25) is 5.89 Å². The molecule has 5 nitrogen and oxygen atoms in total. The molecule has 1 aromatic rings. The lowest BCUT2D eigenvalue weighted by atomic mass is 10.0. The molecule has 0 radical (unpaired) electrons. The van der Waals surface area contributed by atoms with E-state index in [0.717, 1.165) is 38.8 Å². The van der Waals surface area contributed by atoms with Crippen molar-refractivity contribution >= 4 is 0 Å². The highest BCUT2D eigenvalue weighted by Gasteiger charge is 2.20. The van der Waals surface area contributed by atoms with Crippen molar-refractivity contribution in [3.05, 3.63) is 12.2 Å². The first-order chi connectivity index (χ1) is 7.88. The predicted octanol–water partition coefficient (Wildman–Crippen LogP) is 1.16. The Morgan fingerprint density at radius 2 is 2.50 bits per heavy atom. The Labute approximate surface area is 95.6 Å². The molecule has 16 heavy (non-hydrogen) atoms. The van der Waals surface area contributed by atoms with Gasteiger partial charge in [0, 0.05) is 25.6 Å². The summed E-state index contributed by atoms with van der Waals surface area (Å²) in [7, 11) is 0. The van der Waals surface area contributed by atoms with Gasteiger partial charge in [-0.3, -0.25) is 0 Å². The van der Waals surface area contributed by atoms with Gasteiger partial charge in [0.1, 0.15) is 0 Å². The number of nitrogens with one attached hydrogen (secondary N) is 1. The highest BCUT2D eigenvalue weighted by molar-refractivity contribution is 4.80. The van der Waals surface area contributed by atoms with Gasteiger partial charge in [-0.25, -0.2) is 0 Å². The lowest BCUT2D eigenvalue weighted by molar-refractivity contribution is 0.0000510. The van der Waals surface area contributed by atoms with Crippen molar-refractivity contribution in [2.24, 2.45) is 0 Å². The van der Waals surface area contributed by atoms with Gasteiger partial charge in [-0.05, 0) is 19.3 Å². The molecule has 1 aliphatic heterocycles. The molecular formula is C11H19N3O2. The molecule has 2 unspecified atom stereocenters. The highest BCUT2D eigenvalue weighted by Crippen LogP contribution is 2.16. The summed E-state index contributed by atoms with van der Waals surface area (Å²) in [5.74, 6) is 0.701. The van der Waals surface area contributed by atoms with Crippen molar-refractivity contribution in [3.8, 4) is 0 Å². The minimum absolute atomic E-state index is 0.426. The molecule has 0 spiro atoms. The molecule has 2 atom stereocenters. The van der Waals surface area contributed by atoms with Crippen molar-refractivity contribution in [2.45, 2.75) is 44.8 Å². The molecule has 0 amide bonds. The third-order valence-corrected chi connectivity index (χ3v) is 3.00. The van der Waals surface area contributed by atoms with Crippen LogP contribution in [-0.2, 0) is 11.2 Å². The van der Waals surface area contributed by atoms with Crippen molar-refractivity contribution in [3.63, 3.8) is 0 Å². The van der Waals surface area contributed by atoms with Crippen molar-refractivity contribution in [2.75, 3.05) is 13.2 Å². The Morgan fingerprint density at radius 1 is 1.56 bits per heavy atom. The summed E-state index contributed by atoms with van der Waals surface area (Å²) >= 11 is 0. The third-order valence-electron chi connectivity index (χ3n) is 3.00. The lowest BCUT2D eigenvalue weighted by Gasteiger charge is -2.29. The van der Waals surface area contributed by atoms with Gasteiger partial charge < -0.3 is 14.6 Å². The summed E-state index contributed by atoms with van der Waals surface area (Å²) < 4.78 is 10.6. The topological polar surface area (TPSA) is 60.2 Å². The minimum atomic E-state index is 0.426. The average Bonchev–Trinajstić information content (AvgIpc) is 2.82. The number of hydrogen-bond acceptors (Lipinski definition) is 5. The largest absolute Gasteiger partial charge is 0.378 e. The van der Waals surface area contributed by atoms with Crippen molar-refractivity contribution < 1.29 is 9.26 Å². The van der Waals surface area contributed by atoms with E-state index in [2.05, 4.69) is 22.4 Å². The van der Waals surface area contributed by atoms with Crippen LogP contribution in [0.25, 0.3) is 0 Å². The summed E-state index contributed by atoms with van der Waals surface area (Å²) in [5, 5.41) is 7.10. The second-order valence-corrected chi connectivity index (χ2v) is 4.16. The number of aromatic nitrogens is 2. The minimum Gasteiger partial charge on any atom is -0.378 e. The Hall–Kier alpha value is -0.940. The maximum atomic E-state index is 5.63. The van der Waals surface area contributed by atoms with E-state index >= 15 is 0 Å². The molecule has 1 aromatic heterocycles. The van der Waals surface area contributed by atoms with Gasteiger partial charge >= 0.3 is 0 Å². The lowest BCUT2D eigenvalue weighted by Crippen LogP contribution is -2.39. The predicted molar refractivity (Wildman–Crippen MR) is 59.1 cm³/mol. The van der Waals surface area contributed by atoms with Crippen LogP contribution in [0.15, 0.2) is 10.9 Å². The van der Waals surface area contributed by atoms with Gasteiger partial charge in [0.25, 0.3) is 0 Å². The van der Waals surface area contributed by atoms with Crippen LogP contribution in [0.5, 0.6) is 0 Å². The Balaban J connectivity index is 1.65. The molecule has 2 rings (SSSR count). The van der Waals surface area contributed by atoms with Crippen molar-refractivity contribution in [1.29, 1.82) is 0 Å². The normalized spacial score (nSPS) is 25.8. The van der Waals surface area contributed by atoms with Crippen molar-refractivity contribution in [1.82, 2.24) is 15.5 Å². The van der Waals surface area contributed by atoms with E-state index in [4.69, 9.17) is 9.26 Å². The molecule has 90 valence electrons. The second-order valence-electron chi connectivity index (χ2n) is 4.16. The Kier molecular flexibility index (Phi) is 4.30. The zero-order valence-electron chi connectivity index (χ0n) is 9.69. The molecular weight excluding hydrogens is 206 g/mol. The SMILES string of the molecule is CCC1CC(NCCc2ncno2)CCO1. The smallest absolute Gasteiger partial charge is 0.227 e. The van der Waals surface area contributed by atoms with E-state index in [9.17, 15) is 0 Å². The molecule has 0 bridgehead atoms. The van der Waals surface area contributed by atoms with Crippen LogP contribution >= 0.6 is 0 Å². The van der Waals surface area contributed by atoms with Crippen LogP contribution < -0.4 is 5.32 Å². The zero-order valence-corrected chi connectivity index (χ0v) is 9.69. The zero-order chi connectivity index (χ0) is 11.2. The summed E-state index contributed by atoms with van der Waals surface area (Å²) in [5.41, 5.74) is 0. The van der Waals surface area contributed by atoms with Crippen LogP contribution in [0.3, 0.4) is 0 Å². The van der Waals surface area contributed by atoms with E-state index in [-0.39, 0.29) is 0 Å². The molecule has 0 saturated carbocycles. The fraction of sp³-hybridized carbons (Fsp3) is 0.818. The maximum Gasteiger partial charge on any atom is 0.227 e.